The highest BCUT2D eigenvalue weighted by molar-refractivity contribution is 7.80. The first kappa shape index (κ1) is 34.2. The van der Waals surface area contributed by atoms with Crippen molar-refractivity contribution in [3.8, 4) is 0 Å². The molecule has 0 spiro atoms. The van der Waals surface area contributed by atoms with Crippen molar-refractivity contribution in [2.24, 2.45) is 38.7 Å². The van der Waals surface area contributed by atoms with Gasteiger partial charge < -0.3 is 54.8 Å². The Hall–Kier alpha value is -3.80. The quantitative estimate of drug-likeness (QED) is 0.0308. The summed E-state index contributed by atoms with van der Waals surface area (Å²) in [7, 11) is 0. The molecule has 18 heteroatoms. The Morgan fingerprint density at radius 1 is 0.711 bits per heavy atom. The van der Waals surface area contributed by atoms with Gasteiger partial charge in [-0.15, -0.1) is 0 Å². The van der Waals surface area contributed by atoms with E-state index in [4.69, 9.17) is 33.8 Å². The third-order valence-corrected chi connectivity index (χ3v) is 5.32. The van der Waals surface area contributed by atoms with E-state index in [2.05, 4.69) is 38.6 Å². The molecule has 216 valence electrons. The Morgan fingerprint density at radius 2 is 1.18 bits per heavy atom. The maximum Gasteiger partial charge on any atom is 0.326 e. The maximum atomic E-state index is 12.9. The topological polar surface area (TPSA) is 317 Å². The Labute approximate surface area is 224 Å². The Morgan fingerprint density at radius 3 is 1.66 bits per heavy atom. The Bertz CT molecular complexity index is 878. The maximum absolute atomic E-state index is 12.9. The van der Waals surface area contributed by atoms with Crippen LogP contribution in [0, 0.1) is 0 Å². The van der Waals surface area contributed by atoms with Gasteiger partial charge in [-0.1, -0.05) is 0 Å². The fourth-order valence-corrected chi connectivity index (χ4v) is 3.22. The molecule has 17 nitrogen and oxygen atoms in total. The van der Waals surface area contributed by atoms with Crippen LogP contribution in [0.5, 0.6) is 0 Å². The van der Waals surface area contributed by atoms with E-state index in [1.165, 1.54) is 0 Å². The number of amides is 3. The van der Waals surface area contributed by atoms with Crippen molar-refractivity contribution in [3.05, 3.63) is 0 Å². The highest BCUT2D eigenvalue weighted by Crippen LogP contribution is 2.05. The van der Waals surface area contributed by atoms with Gasteiger partial charge in [0, 0.05) is 25.3 Å². The normalized spacial score (nSPS) is 13.6. The third-order valence-electron chi connectivity index (χ3n) is 4.96. The van der Waals surface area contributed by atoms with Gasteiger partial charge in [0.15, 0.2) is 11.9 Å². The molecule has 0 saturated carbocycles. The number of carboxylic acids is 2. The number of aliphatic carboxylic acids is 2. The van der Waals surface area contributed by atoms with Gasteiger partial charge in [0.2, 0.25) is 17.7 Å². The number of guanidine groups is 2. The second-order valence-electron chi connectivity index (χ2n) is 8.14. The highest BCUT2D eigenvalue weighted by Gasteiger charge is 2.30. The van der Waals surface area contributed by atoms with Gasteiger partial charge in [0.1, 0.15) is 18.1 Å². The van der Waals surface area contributed by atoms with Crippen LogP contribution in [0.25, 0.3) is 0 Å². The van der Waals surface area contributed by atoms with Gasteiger partial charge in [-0.2, -0.15) is 12.6 Å². The molecule has 0 rings (SSSR count). The lowest BCUT2D eigenvalue weighted by Gasteiger charge is -2.24. The van der Waals surface area contributed by atoms with E-state index in [-0.39, 0.29) is 56.4 Å². The molecule has 0 aliphatic rings. The summed E-state index contributed by atoms with van der Waals surface area (Å²) in [5.41, 5.74) is 26.9. The summed E-state index contributed by atoms with van der Waals surface area (Å²) in [6, 6.07) is -4.91. The van der Waals surface area contributed by atoms with Gasteiger partial charge in [0.05, 0.1) is 6.04 Å². The number of carboxylic acid groups (broad SMARTS) is 2. The van der Waals surface area contributed by atoms with Crippen molar-refractivity contribution in [3.63, 3.8) is 0 Å². The highest BCUT2D eigenvalue weighted by atomic mass is 32.1. The lowest BCUT2D eigenvalue weighted by atomic mass is 10.1. The summed E-state index contributed by atoms with van der Waals surface area (Å²) in [5, 5.41) is 25.3. The fourth-order valence-electron chi connectivity index (χ4n) is 2.97. The molecule has 0 fully saturated rings. The molecular weight excluding hydrogens is 524 g/mol. The van der Waals surface area contributed by atoms with E-state index in [9.17, 15) is 29.1 Å². The van der Waals surface area contributed by atoms with E-state index >= 15 is 0 Å². The summed E-state index contributed by atoms with van der Waals surface area (Å²) in [6.07, 6.45) is -0.0137. The summed E-state index contributed by atoms with van der Waals surface area (Å²) >= 11 is 4.08. The van der Waals surface area contributed by atoms with Crippen LogP contribution in [0.1, 0.15) is 38.5 Å². The summed E-state index contributed by atoms with van der Waals surface area (Å²) in [6.45, 7) is 0.380. The molecule has 0 aromatic rings. The lowest BCUT2D eigenvalue weighted by Crippen LogP contribution is -2.57. The number of nitrogens with one attached hydrogen (secondary N) is 3. The average Bonchev–Trinajstić information content (AvgIpc) is 2.83. The molecule has 0 aromatic carbocycles. The molecule has 0 heterocycles. The zero-order valence-corrected chi connectivity index (χ0v) is 21.7. The van der Waals surface area contributed by atoms with Crippen LogP contribution >= 0.6 is 12.6 Å². The molecule has 38 heavy (non-hydrogen) atoms. The van der Waals surface area contributed by atoms with Gasteiger partial charge in [-0.05, 0) is 32.1 Å². The first-order valence-corrected chi connectivity index (χ1v) is 12.2. The minimum atomic E-state index is -1.51. The number of hydrogen-bond acceptors (Lipinski definition) is 9. The number of thiol groups is 1. The second-order valence-corrected chi connectivity index (χ2v) is 8.51. The minimum absolute atomic E-state index is 0.00281. The average molecular weight is 563 g/mol. The molecule has 0 aliphatic carbocycles. The molecule has 0 aromatic heterocycles. The zero-order chi connectivity index (χ0) is 29.3. The molecule has 3 amide bonds. The van der Waals surface area contributed by atoms with Crippen LogP contribution < -0.4 is 44.6 Å². The second kappa shape index (κ2) is 18.4. The summed E-state index contributed by atoms with van der Waals surface area (Å²) < 4.78 is 0. The number of hydrogen-bond donors (Lipinski definition) is 11. The number of nitrogens with zero attached hydrogens (tertiary/aromatic N) is 2. The van der Waals surface area contributed by atoms with Gasteiger partial charge in [-0.3, -0.25) is 29.2 Å². The van der Waals surface area contributed by atoms with E-state index in [0.29, 0.717) is 6.42 Å². The van der Waals surface area contributed by atoms with Crippen molar-refractivity contribution in [2.75, 3.05) is 18.8 Å². The minimum Gasteiger partial charge on any atom is -0.481 e. The fraction of sp³-hybridized carbons (Fsp3) is 0.650. The first-order valence-electron chi connectivity index (χ1n) is 11.6. The number of nitrogens with two attached hydrogens (primary N) is 5. The van der Waals surface area contributed by atoms with Crippen molar-refractivity contribution in [2.45, 2.75) is 62.7 Å². The molecule has 4 atom stereocenters. The third kappa shape index (κ3) is 15.3. The predicted octanol–water partition coefficient (Wildman–Crippen LogP) is -4.25. The first-order chi connectivity index (χ1) is 17.8. The van der Waals surface area contributed by atoms with Crippen LogP contribution in [0.2, 0.25) is 0 Å². The Kier molecular flexibility index (Phi) is 16.6. The molecule has 4 unspecified atom stereocenters. The molecule has 0 radical (unpaired) electrons. The number of rotatable bonds is 19. The van der Waals surface area contributed by atoms with Crippen LogP contribution in [-0.2, 0) is 24.0 Å². The molecule has 15 N–H and O–H groups in total. The lowest BCUT2D eigenvalue weighted by molar-refractivity contribution is -0.143. The van der Waals surface area contributed by atoms with Gasteiger partial charge >= 0.3 is 11.9 Å². The van der Waals surface area contributed by atoms with E-state index < -0.39 is 60.2 Å². The number of carbonyl (C=O) groups excluding carboxylic acids is 3. The summed E-state index contributed by atoms with van der Waals surface area (Å²) in [5.74, 6) is -5.39. The van der Waals surface area contributed by atoms with Crippen LogP contribution in [-0.4, -0.2) is 94.8 Å². The van der Waals surface area contributed by atoms with E-state index in [0.717, 1.165) is 0 Å². The standard InChI is InChI=1S/C20H38N10O7S/c21-10(3-1-7-26-19(22)23)15(33)30-13(9-38)17(35)28-11(4-2-8-27-20(24)25)16(34)29-12(18(36)37)5-6-14(31)32/h10-13,38H,1-9,21H2,(H,28,35)(H,29,34)(H,30,33)(H,31,32)(H,36,37)(H4,22,23,26)(H4,24,25,27). The molecule has 0 saturated heterocycles. The monoisotopic (exact) mass is 562 g/mol. The van der Waals surface area contributed by atoms with E-state index in [1.807, 2.05) is 0 Å². The van der Waals surface area contributed by atoms with Crippen LogP contribution in [0.15, 0.2) is 9.98 Å². The van der Waals surface area contributed by atoms with Crippen LogP contribution in [0.3, 0.4) is 0 Å². The molecule has 0 aliphatic heterocycles. The number of carbonyl (C=O) groups is 5. The number of aliphatic imine (C=N–C) groups is 2. The van der Waals surface area contributed by atoms with Gasteiger partial charge in [-0.25, -0.2) is 4.79 Å². The predicted molar refractivity (Wildman–Crippen MR) is 142 cm³/mol. The SMILES string of the molecule is NC(N)=NCCCC(N)C(=O)NC(CS)C(=O)NC(CCCN=C(N)N)C(=O)NC(CCC(=O)O)C(=O)O. The van der Waals surface area contributed by atoms with E-state index in [1.54, 1.807) is 0 Å². The van der Waals surface area contributed by atoms with Crippen molar-refractivity contribution in [1.29, 1.82) is 0 Å². The van der Waals surface area contributed by atoms with Crippen LogP contribution in [0.4, 0.5) is 0 Å². The van der Waals surface area contributed by atoms with Crippen molar-refractivity contribution < 1.29 is 34.2 Å². The van der Waals surface area contributed by atoms with Gasteiger partial charge in [0.25, 0.3) is 0 Å². The van der Waals surface area contributed by atoms with Crippen molar-refractivity contribution >= 4 is 54.2 Å². The molecular formula is C20H38N10O7S. The summed E-state index contributed by atoms with van der Waals surface area (Å²) in [4.78, 5) is 67.9. The molecule has 0 bridgehead atoms. The zero-order valence-electron chi connectivity index (χ0n) is 20.8. The van der Waals surface area contributed by atoms with Crippen molar-refractivity contribution in [1.82, 2.24) is 16.0 Å². The Balaban J connectivity index is 5.34. The largest absolute Gasteiger partial charge is 0.481 e. The smallest absolute Gasteiger partial charge is 0.326 e.